The first-order valence-corrected chi connectivity index (χ1v) is 9.66. The van der Waals surface area contributed by atoms with Crippen molar-refractivity contribution < 1.29 is 9.53 Å². The van der Waals surface area contributed by atoms with E-state index in [2.05, 4.69) is 34.0 Å². The second-order valence-corrected chi connectivity index (χ2v) is 7.19. The predicted octanol–water partition coefficient (Wildman–Crippen LogP) is 3.60. The minimum Gasteiger partial charge on any atom is -0.467 e. The lowest BCUT2D eigenvalue weighted by Crippen LogP contribution is -2.35. The Morgan fingerprint density at radius 3 is 2.93 bits per heavy atom. The second-order valence-electron chi connectivity index (χ2n) is 7.19. The quantitative estimate of drug-likeness (QED) is 0.844. The summed E-state index contributed by atoms with van der Waals surface area (Å²) in [4.78, 5) is 23.5. The summed E-state index contributed by atoms with van der Waals surface area (Å²) in [6.07, 6.45) is 3.25. The van der Waals surface area contributed by atoms with Crippen LogP contribution in [0.5, 0.6) is 5.88 Å². The van der Waals surface area contributed by atoms with Crippen molar-refractivity contribution in [2.24, 2.45) is 5.92 Å². The lowest BCUT2D eigenvalue weighted by molar-refractivity contribution is -0.118. The number of ether oxygens (including phenoxy) is 1. The number of aromatic nitrogens is 2. The van der Waals surface area contributed by atoms with Gasteiger partial charge in [0.15, 0.2) is 6.61 Å². The standard InChI is InChI=1S/C21H28N4O2/c1-4-17-9-5-6-10-18(17)23-19(26)14-27-20-12-16(3)22-21(24-20)25-11-7-8-15(2)13-25/h5-6,9-10,12,15H,4,7-8,11,13-14H2,1-3H3,(H,23,26)/t15-/m0/s1. The van der Waals surface area contributed by atoms with Crippen molar-refractivity contribution in [1.29, 1.82) is 0 Å². The highest BCUT2D eigenvalue weighted by Crippen LogP contribution is 2.22. The number of nitrogens with zero attached hydrogens (tertiary/aromatic N) is 3. The summed E-state index contributed by atoms with van der Waals surface area (Å²) in [6, 6.07) is 9.56. The van der Waals surface area contributed by atoms with Crippen molar-refractivity contribution >= 4 is 17.5 Å². The van der Waals surface area contributed by atoms with Crippen molar-refractivity contribution in [3.63, 3.8) is 0 Å². The summed E-state index contributed by atoms with van der Waals surface area (Å²) >= 11 is 0. The van der Waals surface area contributed by atoms with E-state index in [1.54, 1.807) is 6.07 Å². The van der Waals surface area contributed by atoms with Gasteiger partial charge in [-0.05, 0) is 43.7 Å². The number of piperidine rings is 1. The van der Waals surface area contributed by atoms with Gasteiger partial charge in [-0.15, -0.1) is 0 Å². The Kier molecular flexibility index (Phi) is 6.27. The molecule has 1 atom stereocenters. The number of carbonyl (C=O) groups excluding carboxylic acids is 1. The summed E-state index contributed by atoms with van der Waals surface area (Å²) in [7, 11) is 0. The fourth-order valence-corrected chi connectivity index (χ4v) is 3.39. The molecule has 1 fully saturated rings. The van der Waals surface area contributed by atoms with Crippen molar-refractivity contribution in [2.75, 3.05) is 29.9 Å². The number of amides is 1. The highest BCUT2D eigenvalue weighted by molar-refractivity contribution is 5.92. The van der Waals surface area contributed by atoms with Gasteiger partial charge >= 0.3 is 0 Å². The molecular formula is C21H28N4O2. The molecule has 1 amide bonds. The van der Waals surface area contributed by atoms with Crippen molar-refractivity contribution in [3.05, 3.63) is 41.6 Å². The second kappa shape index (κ2) is 8.84. The smallest absolute Gasteiger partial charge is 0.262 e. The molecule has 0 saturated carbocycles. The van der Waals surface area contributed by atoms with Crippen LogP contribution in [0.2, 0.25) is 0 Å². The molecule has 0 unspecified atom stereocenters. The van der Waals surface area contributed by atoms with E-state index in [0.717, 1.165) is 42.9 Å². The molecule has 0 bridgehead atoms. The molecule has 6 heteroatoms. The van der Waals surface area contributed by atoms with E-state index in [9.17, 15) is 4.79 Å². The summed E-state index contributed by atoms with van der Waals surface area (Å²) < 4.78 is 5.66. The largest absolute Gasteiger partial charge is 0.467 e. The fourth-order valence-electron chi connectivity index (χ4n) is 3.39. The summed E-state index contributed by atoms with van der Waals surface area (Å²) in [5.41, 5.74) is 2.77. The molecule has 1 saturated heterocycles. The monoisotopic (exact) mass is 368 g/mol. The van der Waals surface area contributed by atoms with Gasteiger partial charge in [-0.25, -0.2) is 4.98 Å². The molecule has 6 nitrogen and oxygen atoms in total. The SMILES string of the molecule is CCc1ccccc1NC(=O)COc1cc(C)nc(N2CCC[C@H](C)C2)n1. The number of benzene rings is 1. The molecule has 1 aromatic heterocycles. The number of nitrogens with one attached hydrogen (secondary N) is 1. The maximum absolute atomic E-state index is 12.3. The van der Waals surface area contributed by atoms with E-state index in [0.29, 0.717) is 17.7 Å². The average molecular weight is 368 g/mol. The van der Waals surface area contributed by atoms with E-state index in [4.69, 9.17) is 4.74 Å². The van der Waals surface area contributed by atoms with Gasteiger partial charge in [-0.1, -0.05) is 32.0 Å². The summed E-state index contributed by atoms with van der Waals surface area (Å²) in [5.74, 6) is 1.57. The first-order chi connectivity index (χ1) is 13.0. The molecule has 1 aromatic carbocycles. The maximum Gasteiger partial charge on any atom is 0.262 e. The van der Waals surface area contributed by atoms with Gasteiger partial charge in [0.25, 0.3) is 5.91 Å². The molecule has 0 spiro atoms. The highest BCUT2D eigenvalue weighted by atomic mass is 16.5. The van der Waals surface area contributed by atoms with Crippen LogP contribution in [0.4, 0.5) is 11.6 Å². The molecule has 0 radical (unpaired) electrons. The van der Waals surface area contributed by atoms with Crippen LogP contribution in [0.1, 0.15) is 37.9 Å². The van der Waals surface area contributed by atoms with Crippen LogP contribution in [0.15, 0.2) is 30.3 Å². The Hall–Kier alpha value is -2.63. The van der Waals surface area contributed by atoms with Crippen LogP contribution < -0.4 is 15.0 Å². The molecule has 1 aliphatic heterocycles. The molecule has 1 N–H and O–H groups in total. The zero-order valence-electron chi connectivity index (χ0n) is 16.4. The van der Waals surface area contributed by atoms with E-state index in [-0.39, 0.29) is 12.5 Å². The number of hydrogen-bond donors (Lipinski definition) is 1. The van der Waals surface area contributed by atoms with E-state index < -0.39 is 0 Å². The molecule has 27 heavy (non-hydrogen) atoms. The third-order valence-corrected chi connectivity index (χ3v) is 4.78. The number of para-hydroxylation sites is 1. The van der Waals surface area contributed by atoms with Crippen LogP contribution in [0.25, 0.3) is 0 Å². The zero-order valence-corrected chi connectivity index (χ0v) is 16.4. The molecular weight excluding hydrogens is 340 g/mol. The van der Waals surface area contributed by atoms with Gasteiger partial charge < -0.3 is 15.0 Å². The van der Waals surface area contributed by atoms with Gasteiger partial charge in [0.1, 0.15) is 0 Å². The summed E-state index contributed by atoms with van der Waals surface area (Å²) in [5, 5.41) is 2.91. The van der Waals surface area contributed by atoms with E-state index in [1.807, 2.05) is 31.2 Å². The van der Waals surface area contributed by atoms with Gasteiger partial charge in [0.2, 0.25) is 11.8 Å². The number of rotatable bonds is 6. The molecule has 144 valence electrons. The van der Waals surface area contributed by atoms with Gasteiger partial charge in [0, 0.05) is 30.5 Å². The molecule has 0 aliphatic carbocycles. The normalized spacial score (nSPS) is 16.9. The Balaban J connectivity index is 1.62. The lowest BCUT2D eigenvalue weighted by atomic mass is 10.0. The minimum absolute atomic E-state index is 0.0790. The number of anilines is 2. The van der Waals surface area contributed by atoms with Crippen LogP contribution in [-0.2, 0) is 11.2 Å². The molecule has 1 aliphatic rings. The Morgan fingerprint density at radius 1 is 1.33 bits per heavy atom. The van der Waals surface area contributed by atoms with E-state index >= 15 is 0 Å². The molecule has 2 heterocycles. The minimum atomic E-state index is -0.194. The maximum atomic E-state index is 12.3. The van der Waals surface area contributed by atoms with Gasteiger partial charge in [0.05, 0.1) is 0 Å². The first-order valence-electron chi connectivity index (χ1n) is 9.66. The fraction of sp³-hybridized carbons (Fsp3) is 0.476. The highest BCUT2D eigenvalue weighted by Gasteiger charge is 2.19. The Morgan fingerprint density at radius 2 is 2.15 bits per heavy atom. The lowest BCUT2D eigenvalue weighted by Gasteiger charge is -2.31. The summed E-state index contributed by atoms with van der Waals surface area (Å²) in [6.45, 7) is 8.07. The Labute approximate surface area is 161 Å². The number of carbonyl (C=O) groups is 1. The predicted molar refractivity (Wildman–Crippen MR) is 107 cm³/mol. The van der Waals surface area contributed by atoms with Gasteiger partial charge in [-0.2, -0.15) is 4.98 Å². The van der Waals surface area contributed by atoms with Crippen LogP contribution in [0, 0.1) is 12.8 Å². The zero-order chi connectivity index (χ0) is 19.2. The third-order valence-electron chi connectivity index (χ3n) is 4.78. The third kappa shape index (κ3) is 5.18. The number of hydrogen-bond acceptors (Lipinski definition) is 5. The van der Waals surface area contributed by atoms with Crippen molar-refractivity contribution in [2.45, 2.75) is 40.0 Å². The average Bonchev–Trinajstić information content (AvgIpc) is 2.66. The van der Waals surface area contributed by atoms with Crippen molar-refractivity contribution in [1.82, 2.24) is 9.97 Å². The van der Waals surface area contributed by atoms with Crippen molar-refractivity contribution in [3.8, 4) is 5.88 Å². The van der Waals surface area contributed by atoms with Gasteiger partial charge in [-0.3, -0.25) is 4.79 Å². The topological polar surface area (TPSA) is 67.3 Å². The van der Waals surface area contributed by atoms with Crippen LogP contribution in [-0.4, -0.2) is 35.6 Å². The first kappa shape index (κ1) is 19.1. The Bertz CT molecular complexity index is 794. The molecule has 3 rings (SSSR count). The van der Waals surface area contributed by atoms with E-state index in [1.165, 1.54) is 6.42 Å². The van der Waals surface area contributed by atoms with Crippen LogP contribution in [0.3, 0.4) is 0 Å². The van der Waals surface area contributed by atoms with Crippen LogP contribution >= 0.6 is 0 Å². The molecule has 2 aromatic rings. The number of aryl methyl sites for hydroxylation is 2.